The first-order chi connectivity index (χ1) is 9.72. The van der Waals surface area contributed by atoms with Crippen LogP contribution in [0.4, 0.5) is 0 Å². The number of H-pyrrole nitrogens is 1. The number of rotatable bonds is 2. The van der Waals surface area contributed by atoms with Gasteiger partial charge in [0.05, 0.1) is 5.52 Å². The third-order valence-corrected chi connectivity index (χ3v) is 7.04. The minimum absolute atomic E-state index is 0.371. The highest BCUT2D eigenvalue weighted by Crippen LogP contribution is 2.73. The number of aromatic amines is 1. The maximum Gasteiger partial charge on any atom is 0.417 e. The molecular formula is C16H16BrNO2. The van der Waals surface area contributed by atoms with Gasteiger partial charge in [0.2, 0.25) is 0 Å². The van der Waals surface area contributed by atoms with Crippen molar-refractivity contribution in [2.24, 2.45) is 29.6 Å². The van der Waals surface area contributed by atoms with E-state index < -0.39 is 0 Å². The SMILES string of the molecule is O=c1[nH]c2ccc(C(Br)C3C4C5CCC(C5)C43)cc2o1. The van der Waals surface area contributed by atoms with Gasteiger partial charge in [-0.3, -0.25) is 4.98 Å². The van der Waals surface area contributed by atoms with Gasteiger partial charge in [0.1, 0.15) is 0 Å². The normalized spacial score (nSPS) is 39.1. The van der Waals surface area contributed by atoms with Crippen LogP contribution in [0.2, 0.25) is 0 Å². The van der Waals surface area contributed by atoms with Gasteiger partial charge in [0.15, 0.2) is 5.58 Å². The summed E-state index contributed by atoms with van der Waals surface area (Å²) in [4.78, 5) is 14.3. The summed E-state index contributed by atoms with van der Waals surface area (Å²) >= 11 is 3.91. The minimum atomic E-state index is -0.371. The maximum absolute atomic E-state index is 11.2. The second-order valence-electron chi connectivity index (χ2n) is 6.74. The quantitative estimate of drug-likeness (QED) is 0.848. The second kappa shape index (κ2) is 3.79. The monoisotopic (exact) mass is 333 g/mol. The summed E-state index contributed by atoms with van der Waals surface area (Å²) in [6, 6.07) is 6.09. The topological polar surface area (TPSA) is 46.0 Å². The van der Waals surface area contributed by atoms with Crippen LogP contribution < -0.4 is 5.76 Å². The molecule has 0 radical (unpaired) electrons. The van der Waals surface area contributed by atoms with Crippen molar-refractivity contribution in [3.8, 4) is 0 Å². The molecule has 5 unspecified atom stereocenters. The van der Waals surface area contributed by atoms with E-state index in [0.29, 0.717) is 10.4 Å². The van der Waals surface area contributed by atoms with E-state index in [4.69, 9.17) is 4.42 Å². The first-order valence-corrected chi connectivity index (χ1v) is 8.41. The first kappa shape index (κ1) is 11.6. The summed E-state index contributed by atoms with van der Waals surface area (Å²) in [6.45, 7) is 0. The van der Waals surface area contributed by atoms with E-state index in [1.807, 2.05) is 12.1 Å². The van der Waals surface area contributed by atoms with E-state index in [-0.39, 0.29) is 5.76 Å². The average Bonchev–Trinajstić information content (AvgIpc) is 2.76. The van der Waals surface area contributed by atoms with E-state index in [0.717, 1.165) is 35.1 Å². The maximum atomic E-state index is 11.2. The molecule has 3 saturated carbocycles. The lowest BCUT2D eigenvalue weighted by atomic mass is 9.97. The van der Waals surface area contributed by atoms with Gasteiger partial charge in [-0.15, -0.1) is 0 Å². The zero-order valence-corrected chi connectivity index (χ0v) is 12.6. The number of benzene rings is 1. The summed E-state index contributed by atoms with van der Waals surface area (Å²) in [6.07, 6.45) is 4.39. The molecule has 3 fully saturated rings. The Hall–Kier alpha value is -1.03. The fourth-order valence-corrected chi connectivity index (χ4v) is 6.13. The van der Waals surface area contributed by atoms with E-state index in [2.05, 4.69) is 27.0 Å². The number of nitrogens with one attached hydrogen (secondary N) is 1. The lowest BCUT2D eigenvalue weighted by molar-refractivity contribution is 0.456. The molecule has 20 heavy (non-hydrogen) atoms. The molecule has 2 aromatic rings. The molecular weight excluding hydrogens is 318 g/mol. The summed E-state index contributed by atoms with van der Waals surface area (Å²) in [7, 11) is 0. The van der Waals surface area contributed by atoms with Gasteiger partial charge < -0.3 is 4.42 Å². The van der Waals surface area contributed by atoms with Crippen LogP contribution in [0.15, 0.2) is 27.4 Å². The lowest BCUT2D eigenvalue weighted by Gasteiger charge is -2.14. The van der Waals surface area contributed by atoms with Crippen molar-refractivity contribution in [2.75, 3.05) is 0 Å². The zero-order valence-electron chi connectivity index (χ0n) is 11.0. The van der Waals surface area contributed by atoms with Crippen LogP contribution in [-0.2, 0) is 0 Å². The summed E-state index contributed by atoms with van der Waals surface area (Å²) in [5.41, 5.74) is 2.71. The Morgan fingerprint density at radius 2 is 2.00 bits per heavy atom. The van der Waals surface area contributed by atoms with Gasteiger partial charge in [0.25, 0.3) is 0 Å². The molecule has 5 rings (SSSR count). The van der Waals surface area contributed by atoms with E-state index in [1.165, 1.54) is 24.8 Å². The molecule has 0 spiro atoms. The van der Waals surface area contributed by atoms with Crippen molar-refractivity contribution >= 4 is 27.0 Å². The van der Waals surface area contributed by atoms with E-state index >= 15 is 0 Å². The Labute approximate surface area is 124 Å². The molecule has 4 heteroatoms. The number of fused-ring (bicyclic) bond motifs is 6. The van der Waals surface area contributed by atoms with Crippen molar-refractivity contribution in [3.05, 3.63) is 34.3 Å². The third-order valence-electron chi connectivity index (χ3n) is 5.90. The Kier molecular flexibility index (Phi) is 2.20. The third kappa shape index (κ3) is 1.43. The number of aromatic nitrogens is 1. The summed E-state index contributed by atoms with van der Waals surface area (Å²) < 4.78 is 5.18. The van der Waals surface area contributed by atoms with Crippen LogP contribution in [0.3, 0.4) is 0 Å². The van der Waals surface area contributed by atoms with E-state index in [1.54, 1.807) is 0 Å². The number of hydrogen-bond donors (Lipinski definition) is 1. The molecule has 0 saturated heterocycles. The van der Waals surface area contributed by atoms with Crippen molar-refractivity contribution in [2.45, 2.75) is 24.1 Å². The van der Waals surface area contributed by atoms with Crippen molar-refractivity contribution in [1.29, 1.82) is 0 Å². The molecule has 1 aromatic heterocycles. The molecule has 0 amide bonds. The number of oxazole rings is 1. The van der Waals surface area contributed by atoms with Crippen molar-refractivity contribution in [1.82, 2.24) is 4.98 Å². The highest BCUT2D eigenvalue weighted by atomic mass is 79.9. The van der Waals surface area contributed by atoms with Crippen LogP contribution in [0.5, 0.6) is 0 Å². The smallest absolute Gasteiger partial charge is 0.408 e. The van der Waals surface area contributed by atoms with Crippen molar-refractivity contribution < 1.29 is 4.42 Å². The first-order valence-electron chi connectivity index (χ1n) is 7.49. The molecule has 0 aliphatic heterocycles. The van der Waals surface area contributed by atoms with Gasteiger partial charge >= 0.3 is 5.76 Å². The molecule has 3 aliphatic carbocycles. The highest BCUT2D eigenvalue weighted by molar-refractivity contribution is 9.09. The molecule has 2 bridgehead atoms. The van der Waals surface area contributed by atoms with Crippen LogP contribution in [0.1, 0.15) is 29.7 Å². The van der Waals surface area contributed by atoms with Crippen LogP contribution in [0, 0.1) is 29.6 Å². The van der Waals surface area contributed by atoms with Crippen LogP contribution in [0.25, 0.3) is 11.1 Å². The summed E-state index contributed by atoms with van der Waals surface area (Å²) in [5, 5.41) is 0. The van der Waals surface area contributed by atoms with Gasteiger partial charge in [-0.25, -0.2) is 4.79 Å². The fraction of sp³-hybridized carbons (Fsp3) is 0.562. The molecule has 3 aliphatic rings. The second-order valence-corrected chi connectivity index (χ2v) is 7.72. The lowest BCUT2D eigenvalue weighted by Crippen LogP contribution is -2.03. The molecule has 5 atom stereocenters. The minimum Gasteiger partial charge on any atom is -0.408 e. The average molecular weight is 334 g/mol. The molecule has 1 N–H and O–H groups in total. The Balaban J connectivity index is 1.48. The number of halogens is 1. The number of hydrogen-bond acceptors (Lipinski definition) is 2. The highest BCUT2D eigenvalue weighted by Gasteiger charge is 2.66. The van der Waals surface area contributed by atoms with Gasteiger partial charge in [-0.2, -0.15) is 0 Å². The van der Waals surface area contributed by atoms with Gasteiger partial charge in [-0.05, 0) is 66.5 Å². The zero-order chi connectivity index (χ0) is 13.4. The van der Waals surface area contributed by atoms with Gasteiger partial charge in [-0.1, -0.05) is 22.0 Å². The molecule has 1 aromatic carbocycles. The predicted molar refractivity (Wildman–Crippen MR) is 79.8 cm³/mol. The largest absolute Gasteiger partial charge is 0.417 e. The Morgan fingerprint density at radius 1 is 1.25 bits per heavy atom. The van der Waals surface area contributed by atoms with Gasteiger partial charge in [0, 0.05) is 4.83 Å². The standard InChI is InChI=1S/C16H16BrNO2/c17-15(14-12-7-1-2-8(5-7)13(12)14)9-3-4-10-11(6-9)20-16(19)18-10/h3-4,6-8,12-15H,1-2,5H2,(H,18,19). The molecule has 1 heterocycles. The fourth-order valence-electron chi connectivity index (χ4n) is 5.14. The predicted octanol–water partition coefficient (Wildman–Crippen LogP) is 3.85. The number of alkyl halides is 1. The Morgan fingerprint density at radius 3 is 2.75 bits per heavy atom. The van der Waals surface area contributed by atoms with Crippen molar-refractivity contribution in [3.63, 3.8) is 0 Å². The Bertz CT molecular complexity index is 732. The molecule has 3 nitrogen and oxygen atoms in total. The van der Waals surface area contributed by atoms with Crippen LogP contribution in [-0.4, -0.2) is 4.98 Å². The van der Waals surface area contributed by atoms with Crippen LogP contribution >= 0.6 is 15.9 Å². The molecule has 104 valence electrons. The van der Waals surface area contributed by atoms with E-state index in [9.17, 15) is 4.79 Å². The summed E-state index contributed by atoms with van der Waals surface area (Å²) in [5.74, 6) is 4.31.